The smallest absolute Gasteiger partial charge is 0 e. The van der Waals surface area contributed by atoms with E-state index in [1.807, 2.05) is 0 Å². The van der Waals surface area contributed by atoms with E-state index in [9.17, 15) is 0 Å². The molecule has 0 aromatic carbocycles. The van der Waals surface area contributed by atoms with E-state index in [2.05, 4.69) is 0 Å². The fourth-order valence-electron chi connectivity index (χ4n) is 0. The Morgan fingerprint density at radius 1 is 0.250 bits per heavy atom. The third-order valence-electron chi connectivity index (χ3n) is 0. The second-order valence-electron chi connectivity index (χ2n) is 0. The summed E-state index contributed by atoms with van der Waals surface area (Å²) in [6.45, 7) is 0. The van der Waals surface area contributed by atoms with Crippen molar-refractivity contribution in [2.24, 2.45) is 0 Å². The molecule has 0 aliphatic heterocycles. The maximum atomic E-state index is 0. The zero-order valence-electron chi connectivity index (χ0n) is 3.12. The molecule has 74 valence electrons. The van der Waals surface area contributed by atoms with Gasteiger partial charge in [-0.1, -0.05) is 0 Å². The van der Waals surface area contributed by atoms with Crippen LogP contribution in [0.5, 0.6) is 0 Å². The molecule has 0 rings (SSSR count). The summed E-state index contributed by atoms with van der Waals surface area (Å²) in [5.41, 5.74) is 0. The Kier molecular flexibility index (Phi) is 303. The molecule has 0 fully saturated rings. The van der Waals surface area contributed by atoms with E-state index >= 15 is 0 Å². The van der Waals surface area contributed by atoms with Crippen LogP contribution in [0.4, 0.5) is 0 Å². The minimum Gasteiger partial charge on any atom is 0 e. The summed E-state index contributed by atoms with van der Waals surface area (Å²) in [6, 6.07) is 0. The second-order valence-corrected chi connectivity index (χ2v) is 0. The molecule has 0 bridgehead atoms. The Morgan fingerprint density at radius 2 is 0.250 bits per heavy atom. The van der Waals surface area contributed by atoms with Gasteiger partial charge in [0.25, 0.3) is 0 Å². The first-order valence-corrected chi connectivity index (χ1v) is 0. The van der Waals surface area contributed by atoms with Crippen molar-refractivity contribution in [2.75, 3.05) is 0 Å². The van der Waals surface area contributed by atoms with Crippen molar-refractivity contribution >= 4 is 77.5 Å². The minimum atomic E-state index is 0. The Hall–Kier alpha value is 8.78. The second kappa shape index (κ2) is 44.7. The molecule has 0 saturated heterocycles. The van der Waals surface area contributed by atoms with Gasteiger partial charge in [-0.15, -0.1) is 0 Å². The molecule has 0 aromatic heterocycles. The van der Waals surface area contributed by atoms with Crippen LogP contribution < -0.4 is 0 Å². The van der Waals surface area contributed by atoms with E-state index in [1.165, 1.54) is 0 Å². The van der Waals surface area contributed by atoms with E-state index in [0.29, 0.717) is 0 Å². The van der Waals surface area contributed by atoms with Crippen molar-refractivity contribution in [3.63, 3.8) is 0 Å². The van der Waals surface area contributed by atoms with Gasteiger partial charge in [0.1, 0.15) is 0 Å². The standard InChI is InChI=1S/3In.5Tm. The molecule has 14 radical (unpaired) electrons. The minimum absolute atomic E-state index is 0. The van der Waals surface area contributed by atoms with Gasteiger partial charge in [-0.25, -0.2) is 0 Å². The number of rotatable bonds is 0. The molecular formula is In3Tm5. The van der Waals surface area contributed by atoms with Crippen molar-refractivity contribution in [1.82, 2.24) is 0 Å². The Labute approximate surface area is 253 Å². The summed E-state index contributed by atoms with van der Waals surface area (Å²) in [4.78, 5) is 0. The van der Waals surface area contributed by atoms with Crippen LogP contribution >= 0.6 is 0 Å². The fourth-order valence-corrected chi connectivity index (χ4v) is 0. The summed E-state index contributed by atoms with van der Waals surface area (Å²) in [5.74, 6) is 0. The summed E-state index contributed by atoms with van der Waals surface area (Å²) in [5, 5.41) is 0. The Balaban J connectivity index is 0. The van der Waals surface area contributed by atoms with Gasteiger partial charge in [0.2, 0.25) is 0 Å². The van der Waals surface area contributed by atoms with Gasteiger partial charge in [-0.3, -0.25) is 0 Å². The Morgan fingerprint density at radius 3 is 0.250 bits per heavy atom. The molecular weight excluding hydrogens is 1190 g/mol. The topological polar surface area (TPSA) is 0 Å². The molecule has 0 aromatic rings. The van der Waals surface area contributed by atoms with Gasteiger partial charge in [0.05, 0.1) is 0 Å². The molecule has 0 amide bonds. The zero-order valence-corrected chi connectivity index (χ0v) is 21.9. The van der Waals surface area contributed by atoms with Gasteiger partial charge in [-0.2, -0.15) is 0 Å². The van der Waals surface area contributed by atoms with Crippen LogP contribution in [-0.2, 0) is 0 Å². The predicted octanol–water partition coefficient (Wildman–Crippen LogP) is -1.14. The first-order chi connectivity index (χ1) is 0. The van der Waals surface area contributed by atoms with Crippen molar-refractivity contribution < 1.29 is 184 Å². The van der Waals surface area contributed by atoms with Crippen LogP contribution in [0.2, 0.25) is 0 Å². The summed E-state index contributed by atoms with van der Waals surface area (Å²) in [7, 11) is 0. The molecule has 0 nitrogen and oxygen atoms in total. The van der Waals surface area contributed by atoms with Crippen molar-refractivity contribution in [2.45, 2.75) is 0 Å². The molecule has 0 N–H and O–H groups in total. The molecule has 0 saturated carbocycles. The van der Waals surface area contributed by atoms with Crippen LogP contribution in [0.25, 0.3) is 0 Å². The summed E-state index contributed by atoms with van der Waals surface area (Å²) < 4.78 is 0. The van der Waals surface area contributed by atoms with Crippen LogP contribution in [0, 0.1) is 184 Å². The maximum absolute atomic E-state index is 0. The van der Waals surface area contributed by atoms with E-state index in [1.54, 1.807) is 0 Å². The molecule has 0 heterocycles. The fraction of sp³-hybridized carbons (Fsp3) is 0. The monoisotopic (exact) mass is 1190 g/mol. The van der Waals surface area contributed by atoms with Crippen LogP contribution in [0.15, 0.2) is 0 Å². The molecule has 8 heavy (non-hydrogen) atoms. The van der Waals surface area contributed by atoms with Crippen molar-refractivity contribution in [3.05, 3.63) is 0 Å². The van der Waals surface area contributed by atoms with Crippen molar-refractivity contribution in [1.29, 1.82) is 0 Å². The molecule has 0 spiro atoms. The third kappa shape index (κ3) is 36.4. The zero-order chi connectivity index (χ0) is 0. The van der Waals surface area contributed by atoms with Crippen LogP contribution in [-0.4, -0.2) is 77.5 Å². The SMILES string of the molecule is [In].[In].[In].[Tm].[Tm].[Tm].[Tm].[Tm]. The average molecular weight is 1190 g/mol. The molecule has 0 unspecified atom stereocenters. The first kappa shape index (κ1) is 54.2. The average Bonchev–Trinajstić information content (AvgIpc) is 0. The van der Waals surface area contributed by atoms with E-state index < -0.39 is 0 Å². The molecule has 0 atom stereocenters. The summed E-state index contributed by atoms with van der Waals surface area (Å²) >= 11 is 0. The summed E-state index contributed by atoms with van der Waals surface area (Å²) in [6.07, 6.45) is 0. The van der Waals surface area contributed by atoms with Gasteiger partial charge < -0.3 is 0 Å². The molecule has 0 aliphatic rings. The van der Waals surface area contributed by atoms with Crippen molar-refractivity contribution in [3.8, 4) is 0 Å². The molecule has 0 aliphatic carbocycles. The van der Waals surface area contributed by atoms with Gasteiger partial charge in [-0.05, 0) is 0 Å². The number of hydrogen-bond acceptors (Lipinski definition) is 0. The van der Waals surface area contributed by atoms with Gasteiger partial charge in [0.15, 0.2) is 0 Å². The van der Waals surface area contributed by atoms with Crippen LogP contribution in [0.1, 0.15) is 0 Å². The van der Waals surface area contributed by atoms with Gasteiger partial charge in [0, 0.05) is 262 Å². The van der Waals surface area contributed by atoms with E-state index in [4.69, 9.17) is 0 Å². The maximum Gasteiger partial charge on any atom is 0 e. The molecule has 8 heteroatoms. The third-order valence-corrected chi connectivity index (χ3v) is 0. The normalized spacial score (nSPS) is 0. The Bertz CT molecular complexity index is 7.64. The largest absolute Gasteiger partial charge is 0 e. The van der Waals surface area contributed by atoms with Gasteiger partial charge >= 0.3 is 0 Å². The van der Waals surface area contributed by atoms with E-state index in [0.717, 1.165) is 0 Å². The van der Waals surface area contributed by atoms with Crippen LogP contribution in [0.3, 0.4) is 0 Å². The predicted molar refractivity (Wildman–Crippen MR) is 17.3 cm³/mol. The first-order valence-electron chi connectivity index (χ1n) is 0. The quantitative estimate of drug-likeness (QED) is 0.289. The van der Waals surface area contributed by atoms with E-state index in [-0.39, 0.29) is 262 Å². The number of hydrogen-bond donors (Lipinski definition) is 0.